The number of aromatic carboxylic acids is 1. The fraction of sp³-hybridized carbons (Fsp3) is 0.294. The number of rotatable bonds is 6. The molecule has 0 bridgehead atoms. The van der Waals surface area contributed by atoms with Crippen molar-refractivity contribution in [2.45, 2.75) is 20.8 Å². The van der Waals surface area contributed by atoms with Crippen LogP contribution < -0.4 is 5.32 Å². The first-order chi connectivity index (χ1) is 12.8. The average molecular weight is 387 g/mol. The summed E-state index contributed by atoms with van der Waals surface area (Å²) in [6.45, 7) is 6.35. The summed E-state index contributed by atoms with van der Waals surface area (Å²) in [6, 6.07) is 1.98. The minimum atomic E-state index is -1.39. The number of aromatic nitrogens is 2. The minimum absolute atomic E-state index is 0.157. The van der Waals surface area contributed by atoms with Crippen molar-refractivity contribution >= 4 is 34.1 Å². The Morgan fingerprint density at radius 1 is 1.22 bits per heavy atom. The molecule has 2 N–H and O–H groups in total. The second-order valence-electron chi connectivity index (χ2n) is 5.36. The Bertz CT molecular complexity index is 943. The Morgan fingerprint density at radius 2 is 1.81 bits per heavy atom. The molecule has 2 heterocycles. The fourth-order valence-electron chi connectivity index (χ4n) is 2.42. The average Bonchev–Trinajstić information content (AvgIpc) is 2.97. The van der Waals surface area contributed by atoms with Gasteiger partial charge in [0.05, 0.1) is 10.4 Å². The van der Waals surface area contributed by atoms with Gasteiger partial charge in [-0.2, -0.15) is 5.26 Å². The first kappa shape index (κ1) is 20.0. The summed E-state index contributed by atoms with van der Waals surface area (Å²) in [5.41, 5.74) is -0.255. The topological polar surface area (TPSA) is 136 Å². The number of carboxylic acids is 1. The summed E-state index contributed by atoms with van der Waals surface area (Å²) in [5, 5.41) is 21.2. The van der Waals surface area contributed by atoms with Crippen molar-refractivity contribution in [3.05, 3.63) is 39.8 Å². The van der Waals surface area contributed by atoms with Crippen molar-refractivity contribution < 1.29 is 19.5 Å². The van der Waals surface area contributed by atoms with Gasteiger partial charge in [0.2, 0.25) is 0 Å². The molecule has 2 aromatic heterocycles. The first-order valence-corrected chi connectivity index (χ1v) is 8.85. The molecular formula is C17H17N5O4S. The third-order valence-corrected chi connectivity index (χ3v) is 5.04. The molecule has 2 aromatic rings. The molecule has 140 valence electrons. The molecule has 2 amide bonds. The van der Waals surface area contributed by atoms with E-state index in [-0.39, 0.29) is 22.2 Å². The van der Waals surface area contributed by atoms with Crippen molar-refractivity contribution in [2.24, 2.45) is 0 Å². The fourth-order valence-corrected chi connectivity index (χ4v) is 3.54. The standard InChI is InChI=1S/C17H17N5O4S/c1-4-22(5-2)16(24)13-9(3)10(8-18)15(27-13)21-14(23)11-12(17(25)26)20-7-6-19-11/h6-7H,4-5H2,1-3H3,(H,21,23)(H,25,26). The van der Waals surface area contributed by atoms with Gasteiger partial charge in [-0.25, -0.2) is 14.8 Å². The molecule has 10 heteroatoms. The predicted molar refractivity (Wildman–Crippen MR) is 98.0 cm³/mol. The maximum absolute atomic E-state index is 12.6. The number of carboxylic acid groups (broad SMARTS) is 1. The number of nitrogens with zero attached hydrogens (tertiary/aromatic N) is 4. The van der Waals surface area contributed by atoms with E-state index in [1.54, 1.807) is 11.8 Å². The van der Waals surface area contributed by atoms with Crippen molar-refractivity contribution in [3.8, 4) is 6.07 Å². The van der Waals surface area contributed by atoms with Crippen LogP contribution in [0, 0.1) is 18.3 Å². The number of anilines is 1. The van der Waals surface area contributed by atoms with Gasteiger partial charge in [0.1, 0.15) is 11.1 Å². The Kier molecular flexibility index (Phi) is 6.20. The van der Waals surface area contributed by atoms with Crippen LogP contribution >= 0.6 is 11.3 Å². The van der Waals surface area contributed by atoms with Crippen molar-refractivity contribution in [1.29, 1.82) is 5.26 Å². The zero-order valence-corrected chi connectivity index (χ0v) is 15.8. The summed E-state index contributed by atoms with van der Waals surface area (Å²) in [4.78, 5) is 45.7. The van der Waals surface area contributed by atoms with E-state index >= 15 is 0 Å². The Balaban J connectivity index is 2.42. The summed E-state index contributed by atoms with van der Waals surface area (Å²) in [7, 11) is 0. The molecule has 2 rings (SSSR count). The van der Waals surface area contributed by atoms with Gasteiger partial charge in [0.15, 0.2) is 11.4 Å². The van der Waals surface area contributed by atoms with Gasteiger partial charge in [0.25, 0.3) is 11.8 Å². The van der Waals surface area contributed by atoms with E-state index in [4.69, 9.17) is 5.11 Å². The molecule has 27 heavy (non-hydrogen) atoms. The van der Waals surface area contributed by atoms with Crippen molar-refractivity contribution in [3.63, 3.8) is 0 Å². The van der Waals surface area contributed by atoms with Crippen LogP contribution in [0.4, 0.5) is 5.00 Å². The number of hydrogen-bond donors (Lipinski definition) is 2. The van der Waals surface area contributed by atoms with E-state index < -0.39 is 17.6 Å². The zero-order chi connectivity index (χ0) is 20.1. The lowest BCUT2D eigenvalue weighted by molar-refractivity contribution is 0.0684. The Labute approximate surface area is 159 Å². The predicted octanol–water partition coefficient (Wildman–Crippen LogP) is 2.15. The van der Waals surface area contributed by atoms with Crippen LogP contribution in [0.2, 0.25) is 0 Å². The number of carbonyl (C=O) groups excluding carboxylic acids is 2. The lowest BCUT2D eigenvalue weighted by atomic mass is 10.1. The highest BCUT2D eigenvalue weighted by Gasteiger charge is 2.26. The van der Waals surface area contributed by atoms with Crippen LogP contribution in [0.1, 0.15) is 55.6 Å². The smallest absolute Gasteiger partial charge is 0.356 e. The monoisotopic (exact) mass is 387 g/mol. The zero-order valence-electron chi connectivity index (χ0n) is 14.9. The molecule has 0 saturated carbocycles. The summed E-state index contributed by atoms with van der Waals surface area (Å²) in [6.07, 6.45) is 2.36. The van der Waals surface area contributed by atoms with Gasteiger partial charge in [0, 0.05) is 25.5 Å². The highest BCUT2D eigenvalue weighted by atomic mass is 32.1. The van der Waals surface area contributed by atoms with E-state index in [9.17, 15) is 19.6 Å². The molecule has 0 unspecified atom stereocenters. The van der Waals surface area contributed by atoms with Crippen molar-refractivity contribution in [2.75, 3.05) is 18.4 Å². The maximum Gasteiger partial charge on any atom is 0.356 e. The lowest BCUT2D eigenvalue weighted by Gasteiger charge is -2.17. The number of amides is 2. The van der Waals surface area contributed by atoms with Gasteiger partial charge >= 0.3 is 5.97 Å². The number of nitriles is 1. The van der Waals surface area contributed by atoms with Gasteiger partial charge in [-0.1, -0.05) is 0 Å². The quantitative estimate of drug-likeness (QED) is 0.775. The van der Waals surface area contributed by atoms with E-state index in [1.165, 1.54) is 6.20 Å². The highest BCUT2D eigenvalue weighted by molar-refractivity contribution is 7.18. The normalized spacial score (nSPS) is 10.1. The first-order valence-electron chi connectivity index (χ1n) is 8.04. The second-order valence-corrected chi connectivity index (χ2v) is 6.38. The third kappa shape index (κ3) is 3.93. The molecule has 9 nitrogen and oxygen atoms in total. The van der Waals surface area contributed by atoms with Crippen LogP contribution in [0.15, 0.2) is 12.4 Å². The largest absolute Gasteiger partial charge is 0.476 e. The lowest BCUT2D eigenvalue weighted by Crippen LogP contribution is -2.30. The molecule has 0 aliphatic rings. The second kappa shape index (κ2) is 8.37. The van der Waals surface area contributed by atoms with Crippen LogP contribution in [-0.2, 0) is 0 Å². The number of carbonyl (C=O) groups is 3. The molecule has 0 aliphatic carbocycles. The number of hydrogen-bond acceptors (Lipinski definition) is 7. The van der Waals surface area contributed by atoms with Gasteiger partial charge in [-0.3, -0.25) is 9.59 Å². The maximum atomic E-state index is 12.6. The third-order valence-electron chi connectivity index (χ3n) is 3.85. The number of nitrogens with one attached hydrogen (secondary N) is 1. The summed E-state index contributed by atoms with van der Waals surface area (Å²) < 4.78 is 0. The van der Waals surface area contributed by atoms with Crippen LogP contribution in [0.5, 0.6) is 0 Å². The van der Waals surface area contributed by atoms with Gasteiger partial charge in [-0.05, 0) is 26.3 Å². The molecule has 0 radical (unpaired) electrons. The molecule has 0 atom stereocenters. The Hall–Kier alpha value is -3.32. The highest BCUT2D eigenvalue weighted by Crippen LogP contribution is 2.33. The summed E-state index contributed by atoms with van der Waals surface area (Å²) in [5.74, 6) is -2.45. The molecule has 0 aromatic carbocycles. The summed E-state index contributed by atoms with van der Waals surface area (Å²) >= 11 is 0.974. The van der Waals surface area contributed by atoms with E-state index in [0.29, 0.717) is 23.5 Å². The van der Waals surface area contributed by atoms with E-state index in [2.05, 4.69) is 15.3 Å². The van der Waals surface area contributed by atoms with E-state index in [0.717, 1.165) is 17.5 Å². The van der Waals surface area contributed by atoms with E-state index in [1.807, 2.05) is 19.9 Å². The van der Waals surface area contributed by atoms with Crippen LogP contribution in [0.25, 0.3) is 0 Å². The molecule has 0 aliphatic heterocycles. The SMILES string of the molecule is CCN(CC)C(=O)c1sc(NC(=O)c2nccnc2C(=O)O)c(C#N)c1C. The van der Waals surface area contributed by atoms with Gasteiger partial charge < -0.3 is 15.3 Å². The van der Waals surface area contributed by atoms with Gasteiger partial charge in [-0.15, -0.1) is 11.3 Å². The number of thiophene rings is 1. The minimum Gasteiger partial charge on any atom is -0.476 e. The Morgan fingerprint density at radius 3 is 2.33 bits per heavy atom. The molecular weight excluding hydrogens is 370 g/mol. The molecule has 0 saturated heterocycles. The van der Waals surface area contributed by atoms with Crippen LogP contribution in [-0.4, -0.2) is 50.8 Å². The molecule has 0 spiro atoms. The van der Waals surface area contributed by atoms with Crippen molar-refractivity contribution in [1.82, 2.24) is 14.9 Å². The van der Waals surface area contributed by atoms with Crippen LogP contribution in [0.3, 0.4) is 0 Å². The molecule has 0 fully saturated rings.